The molecule has 0 heterocycles. The molecule has 0 aliphatic carbocycles. The van der Waals surface area contributed by atoms with Crippen LogP contribution >= 0.6 is 0 Å². The summed E-state index contributed by atoms with van der Waals surface area (Å²) in [7, 11) is 0. The predicted molar refractivity (Wildman–Crippen MR) is 42.0 cm³/mol. The lowest BCUT2D eigenvalue weighted by Gasteiger charge is -1.92. The van der Waals surface area contributed by atoms with Crippen LogP contribution in [-0.2, 0) is 6.42 Å². The van der Waals surface area contributed by atoms with Crippen molar-refractivity contribution in [2.45, 2.75) is 6.42 Å². The van der Waals surface area contributed by atoms with Crippen LogP contribution in [0.1, 0.15) is 11.0 Å². The predicted octanol–water partition coefficient (Wildman–Crippen LogP) is 2.30. The molecule has 0 aliphatic heterocycles. The van der Waals surface area contributed by atoms with Gasteiger partial charge in [0.2, 0.25) is 0 Å². The molecule has 0 radical (unpaired) electrons. The first-order chi connectivity index (χ1) is 7.04. The van der Waals surface area contributed by atoms with E-state index in [-0.39, 0.29) is 29.8 Å². The molecule has 0 N–H and O–H groups in total. The monoisotopic (exact) mass is 146 g/mol. The molecule has 0 aromatic heterocycles. The maximum Gasteiger partial charge on any atom is 0.187 e. The van der Waals surface area contributed by atoms with Crippen molar-refractivity contribution in [2.75, 3.05) is 0 Å². The standard InChI is InChI=1S/C9H6N2/c1-11-9-4-2-3-8(7-9)5-6-10/h2-4,7H,5H2/i2D,3D,4D,7D. The average Bonchev–Trinajstić information content (AvgIpc) is 2.22. The molecule has 1 aromatic carbocycles. The van der Waals surface area contributed by atoms with Gasteiger partial charge in [-0.1, -0.05) is 24.2 Å². The van der Waals surface area contributed by atoms with Gasteiger partial charge in [-0.2, -0.15) is 5.26 Å². The van der Waals surface area contributed by atoms with Crippen LogP contribution in [0.2, 0.25) is 0 Å². The first-order valence-electron chi connectivity index (χ1n) is 4.88. The Bertz CT molecular complexity index is 497. The molecule has 0 saturated heterocycles. The van der Waals surface area contributed by atoms with Gasteiger partial charge in [-0.05, 0) is 5.56 Å². The Morgan fingerprint density at radius 1 is 1.73 bits per heavy atom. The zero-order chi connectivity index (χ0) is 11.6. The van der Waals surface area contributed by atoms with E-state index < -0.39 is 12.1 Å². The van der Waals surface area contributed by atoms with Gasteiger partial charge >= 0.3 is 0 Å². The molecular weight excluding hydrogens is 136 g/mol. The van der Waals surface area contributed by atoms with Gasteiger partial charge in [0, 0.05) is 2.74 Å². The zero-order valence-corrected chi connectivity index (χ0v) is 5.60. The van der Waals surface area contributed by atoms with Gasteiger partial charge in [0.05, 0.1) is 21.8 Å². The second kappa shape index (κ2) is 3.39. The molecule has 0 spiro atoms. The van der Waals surface area contributed by atoms with Crippen LogP contribution in [0.4, 0.5) is 5.69 Å². The summed E-state index contributed by atoms with van der Waals surface area (Å²) in [6.07, 6.45) is -0.188. The van der Waals surface area contributed by atoms with Crippen molar-refractivity contribution in [2.24, 2.45) is 0 Å². The molecule has 1 aromatic rings. The van der Waals surface area contributed by atoms with E-state index in [1.54, 1.807) is 6.07 Å². The summed E-state index contributed by atoms with van der Waals surface area (Å²) in [5.41, 5.74) is -0.217. The third-order valence-corrected chi connectivity index (χ3v) is 1.03. The summed E-state index contributed by atoms with van der Waals surface area (Å²) in [6.45, 7) is 6.78. The Morgan fingerprint density at radius 3 is 3.18 bits per heavy atom. The fourth-order valence-corrected chi connectivity index (χ4v) is 0.595. The van der Waals surface area contributed by atoms with Crippen molar-refractivity contribution >= 4 is 5.69 Å². The van der Waals surface area contributed by atoms with Crippen molar-refractivity contribution in [3.05, 3.63) is 41.2 Å². The van der Waals surface area contributed by atoms with Crippen LogP contribution in [0.25, 0.3) is 4.85 Å². The molecule has 52 valence electrons. The number of hydrogen-bond acceptors (Lipinski definition) is 1. The van der Waals surface area contributed by atoms with E-state index in [1.165, 1.54) is 0 Å². The van der Waals surface area contributed by atoms with E-state index in [1.807, 2.05) is 0 Å². The molecule has 2 heteroatoms. The number of rotatable bonds is 1. The van der Waals surface area contributed by atoms with Crippen LogP contribution < -0.4 is 0 Å². The van der Waals surface area contributed by atoms with Crippen molar-refractivity contribution in [3.8, 4) is 6.07 Å². The summed E-state index contributed by atoms with van der Waals surface area (Å²) >= 11 is 0. The number of hydrogen-bond donors (Lipinski definition) is 0. The molecular formula is C9H6N2. The molecule has 1 rings (SSSR count). The van der Waals surface area contributed by atoms with E-state index in [0.717, 1.165) is 0 Å². The Labute approximate surface area is 71.1 Å². The lowest BCUT2D eigenvalue weighted by molar-refractivity contribution is 1.27. The Balaban J connectivity index is 3.64. The lowest BCUT2D eigenvalue weighted by Crippen LogP contribution is -1.77. The topological polar surface area (TPSA) is 28.1 Å². The number of benzene rings is 1. The van der Waals surface area contributed by atoms with Crippen LogP contribution in [-0.4, -0.2) is 0 Å². The third-order valence-electron chi connectivity index (χ3n) is 1.03. The fraction of sp³-hybridized carbons (Fsp3) is 0.111. The molecule has 2 nitrogen and oxygen atoms in total. The fourth-order valence-electron chi connectivity index (χ4n) is 0.595. The first-order valence-corrected chi connectivity index (χ1v) is 2.88. The molecule has 0 amide bonds. The normalized spacial score (nSPS) is 13.3. The van der Waals surface area contributed by atoms with E-state index in [2.05, 4.69) is 4.85 Å². The minimum atomic E-state index is -0.415. The summed E-state index contributed by atoms with van der Waals surface area (Å²) in [5, 5.41) is 8.49. The summed E-state index contributed by atoms with van der Waals surface area (Å²) < 4.78 is 29.8. The molecule has 0 atom stereocenters. The number of nitrogens with zero attached hydrogens (tertiary/aromatic N) is 2. The maximum atomic E-state index is 8.49. The van der Waals surface area contributed by atoms with Crippen LogP contribution in [0, 0.1) is 17.9 Å². The highest BCUT2D eigenvalue weighted by molar-refractivity contribution is 5.46. The van der Waals surface area contributed by atoms with Crippen molar-refractivity contribution in [1.29, 1.82) is 5.26 Å². The Morgan fingerprint density at radius 2 is 2.55 bits per heavy atom. The van der Waals surface area contributed by atoms with E-state index in [0.29, 0.717) is 0 Å². The van der Waals surface area contributed by atoms with Crippen LogP contribution in [0.15, 0.2) is 24.2 Å². The summed E-state index contributed by atoms with van der Waals surface area (Å²) in [6, 6.07) is 0.374. The average molecular weight is 146 g/mol. The Hall–Kier alpha value is -1.80. The lowest BCUT2D eigenvalue weighted by atomic mass is 10.1. The molecule has 0 unspecified atom stereocenters. The summed E-state index contributed by atoms with van der Waals surface area (Å²) in [4.78, 5) is 2.98. The van der Waals surface area contributed by atoms with E-state index in [9.17, 15) is 0 Å². The Kier molecular flexibility index (Phi) is 1.09. The van der Waals surface area contributed by atoms with E-state index in [4.69, 9.17) is 17.3 Å². The largest absolute Gasteiger partial charge is 0.238 e. The number of nitriles is 1. The minimum absolute atomic E-state index is 0.0458. The second-order valence-electron chi connectivity index (χ2n) is 1.77. The van der Waals surface area contributed by atoms with Crippen molar-refractivity contribution < 1.29 is 5.48 Å². The highest BCUT2D eigenvalue weighted by Crippen LogP contribution is 2.13. The van der Waals surface area contributed by atoms with Crippen LogP contribution in [0.3, 0.4) is 0 Å². The van der Waals surface area contributed by atoms with E-state index >= 15 is 0 Å². The highest BCUT2D eigenvalue weighted by atomic mass is 14.6. The zero-order valence-electron chi connectivity index (χ0n) is 9.60. The van der Waals surface area contributed by atoms with Gasteiger partial charge in [-0.25, -0.2) is 4.85 Å². The smallest absolute Gasteiger partial charge is 0.187 e. The van der Waals surface area contributed by atoms with Crippen molar-refractivity contribution in [3.63, 3.8) is 0 Å². The van der Waals surface area contributed by atoms with Gasteiger partial charge in [0.25, 0.3) is 0 Å². The third kappa shape index (κ3) is 1.81. The van der Waals surface area contributed by atoms with Gasteiger partial charge in [-0.3, -0.25) is 0 Å². The second-order valence-corrected chi connectivity index (χ2v) is 1.77. The molecule has 11 heavy (non-hydrogen) atoms. The van der Waals surface area contributed by atoms with Gasteiger partial charge in [0.15, 0.2) is 5.69 Å². The van der Waals surface area contributed by atoms with Crippen LogP contribution in [0.5, 0.6) is 0 Å². The summed E-state index contributed by atoms with van der Waals surface area (Å²) in [5.74, 6) is 0. The maximum absolute atomic E-state index is 8.49. The van der Waals surface area contributed by atoms with Gasteiger partial charge in [0.1, 0.15) is 0 Å². The molecule has 0 bridgehead atoms. The quantitative estimate of drug-likeness (QED) is 0.559. The minimum Gasteiger partial charge on any atom is -0.238 e. The van der Waals surface area contributed by atoms with Gasteiger partial charge in [-0.15, -0.1) is 0 Å². The molecule has 0 aliphatic rings. The van der Waals surface area contributed by atoms with Crippen molar-refractivity contribution in [1.82, 2.24) is 0 Å². The van der Waals surface area contributed by atoms with Gasteiger partial charge < -0.3 is 0 Å². The molecule has 0 saturated carbocycles. The first kappa shape index (κ1) is 3.55. The SMILES string of the molecule is [2H]c1c([2H])c(CC#N)c([2H])c([N+]#[C-])c1[2H]. The highest BCUT2D eigenvalue weighted by Gasteiger charge is 1.92. The molecule has 0 fully saturated rings.